The first-order valence-electron chi connectivity index (χ1n) is 2.63. The summed E-state index contributed by atoms with van der Waals surface area (Å²) in [6.07, 6.45) is 0. The molecule has 0 saturated heterocycles. The van der Waals surface area contributed by atoms with Crippen molar-refractivity contribution in [1.82, 2.24) is 0 Å². The summed E-state index contributed by atoms with van der Waals surface area (Å²) in [4.78, 5) is 20.3. The predicted molar refractivity (Wildman–Crippen MR) is 33.2 cm³/mol. The van der Waals surface area contributed by atoms with Crippen molar-refractivity contribution in [2.45, 2.75) is 13.8 Å². The molecule has 0 heterocycles. The molecule has 0 aromatic carbocycles. The van der Waals surface area contributed by atoms with Crippen LogP contribution in [0.2, 0.25) is 0 Å². The Morgan fingerprint density at radius 2 is 1.89 bits per heavy atom. The smallest absolute Gasteiger partial charge is 0.372 e. The predicted octanol–water partition coefficient (Wildman–Crippen LogP) is -0.0847. The SMILES string of the molecule is [2H]C([13CH3])([13CH3])C(=O)C(=O)O.[Na]. The molecule has 0 saturated carbocycles. The van der Waals surface area contributed by atoms with Crippen LogP contribution in [0.3, 0.4) is 0 Å². The fourth-order valence-corrected chi connectivity index (χ4v) is 0.214. The Morgan fingerprint density at radius 3 is 1.89 bits per heavy atom. The summed E-state index contributed by atoms with van der Waals surface area (Å²) >= 11 is 0. The Bertz CT molecular complexity index is 149. The number of ketones is 1. The molecule has 0 spiro atoms. The van der Waals surface area contributed by atoms with Gasteiger partial charge in [-0.05, 0) is 0 Å². The summed E-state index contributed by atoms with van der Waals surface area (Å²) < 4.78 is 6.94. The van der Waals surface area contributed by atoms with Gasteiger partial charge in [0.1, 0.15) is 0 Å². The molecule has 1 radical (unpaired) electrons. The number of hydrogen-bond acceptors (Lipinski definition) is 2. The van der Waals surface area contributed by atoms with Gasteiger partial charge in [0.25, 0.3) is 0 Å². The van der Waals surface area contributed by atoms with Crippen molar-refractivity contribution in [2.24, 2.45) is 5.89 Å². The maximum absolute atomic E-state index is 10.4. The summed E-state index contributed by atoms with van der Waals surface area (Å²) in [6, 6.07) is 0. The normalized spacial score (nSPS) is 11.1. The Balaban J connectivity index is 0. The second-order valence-corrected chi connectivity index (χ2v) is 1.63. The van der Waals surface area contributed by atoms with Crippen LogP contribution in [0.15, 0.2) is 0 Å². The van der Waals surface area contributed by atoms with Crippen molar-refractivity contribution in [3.63, 3.8) is 0 Å². The first kappa shape index (κ1) is 9.14. The zero-order valence-electron chi connectivity index (χ0n) is 6.76. The van der Waals surface area contributed by atoms with Crippen molar-refractivity contribution >= 4 is 41.3 Å². The maximum Gasteiger partial charge on any atom is 0.372 e. The van der Waals surface area contributed by atoms with Gasteiger partial charge in [-0.3, -0.25) is 4.79 Å². The largest absolute Gasteiger partial charge is 0.475 e. The monoisotopic (exact) mass is 142 g/mol. The number of carboxylic acids is 1. The zero-order chi connectivity index (χ0) is 7.65. The molecule has 0 aromatic rings. The minimum atomic E-state index is -1.55. The Hall–Kier alpha value is 0.140. The topological polar surface area (TPSA) is 54.4 Å². The second-order valence-electron chi connectivity index (χ2n) is 1.63. The van der Waals surface area contributed by atoms with Crippen molar-refractivity contribution < 1.29 is 16.1 Å². The van der Waals surface area contributed by atoms with Gasteiger partial charge in [0.05, 0.1) is 0 Å². The summed E-state index contributed by atoms with van der Waals surface area (Å²) in [7, 11) is 0. The summed E-state index contributed by atoms with van der Waals surface area (Å²) in [5.41, 5.74) is 0. The minimum Gasteiger partial charge on any atom is -0.475 e. The third kappa shape index (κ3) is 4.63. The Labute approximate surface area is 77.1 Å². The average Bonchev–Trinajstić information content (AvgIpc) is 1.62. The molecule has 0 aliphatic rings. The van der Waals surface area contributed by atoms with E-state index in [-0.39, 0.29) is 29.6 Å². The summed E-state index contributed by atoms with van der Waals surface area (Å²) in [5.74, 6) is -4.14. The molecule has 1 N–H and O–H groups in total. The third-order valence-corrected chi connectivity index (χ3v) is 0.648. The Kier molecular flexibility index (Phi) is 5.04. The van der Waals surface area contributed by atoms with Crippen LogP contribution in [0.5, 0.6) is 0 Å². The molecular weight excluding hydrogens is 133 g/mol. The van der Waals surface area contributed by atoms with E-state index in [1.165, 1.54) is 13.8 Å². The molecule has 0 atom stereocenters. The van der Waals surface area contributed by atoms with Crippen LogP contribution >= 0.6 is 0 Å². The minimum absolute atomic E-state index is 0. The van der Waals surface area contributed by atoms with Gasteiger partial charge in [-0.15, -0.1) is 0 Å². The molecule has 0 aliphatic heterocycles. The molecule has 4 heteroatoms. The van der Waals surface area contributed by atoms with Crippen LogP contribution in [-0.4, -0.2) is 46.4 Å². The van der Waals surface area contributed by atoms with Crippen LogP contribution in [0.4, 0.5) is 0 Å². The second kappa shape index (κ2) is 4.97. The molecule has 0 bridgehead atoms. The van der Waals surface area contributed by atoms with Crippen LogP contribution in [-0.2, 0) is 9.59 Å². The maximum atomic E-state index is 10.4. The number of hydrogen-bond donors (Lipinski definition) is 1. The van der Waals surface area contributed by atoms with E-state index in [4.69, 9.17) is 6.48 Å². The fraction of sp³-hybridized carbons (Fsp3) is 0.600. The zero-order valence-corrected chi connectivity index (χ0v) is 7.76. The average molecular weight is 142 g/mol. The van der Waals surface area contributed by atoms with E-state index in [0.717, 1.165) is 0 Å². The van der Waals surface area contributed by atoms with Crippen molar-refractivity contribution in [2.75, 3.05) is 0 Å². The molecule has 0 aliphatic carbocycles. The Morgan fingerprint density at radius 1 is 1.56 bits per heavy atom. The number of carboxylic acid groups (broad SMARTS) is 1. The first-order valence-corrected chi connectivity index (χ1v) is 2.13. The van der Waals surface area contributed by atoms with E-state index in [1.807, 2.05) is 0 Å². The standard InChI is InChI=1S/C5H8O3.Na/c1-3(2)4(6)5(7)8;/h3H,1-2H3,(H,7,8);/i1+1,2+1,3D;. The molecular formula is C5H8NaO3. The van der Waals surface area contributed by atoms with Gasteiger partial charge in [0.15, 0.2) is 0 Å². The number of Topliss-reactive ketones (excluding diaryl/α,β-unsaturated/α-hetero) is 1. The first-order chi connectivity index (χ1) is 3.85. The van der Waals surface area contributed by atoms with Gasteiger partial charge in [-0.2, -0.15) is 0 Å². The molecule has 3 nitrogen and oxygen atoms in total. The summed E-state index contributed by atoms with van der Waals surface area (Å²) in [5, 5.41) is 8.05. The quantitative estimate of drug-likeness (QED) is 0.333. The molecule has 9 heavy (non-hydrogen) atoms. The van der Waals surface area contributed by atoms with Gasteiger partial charge in [0, 0.05) is 36.8 Å². The van der Waals surface area contributed by atoms with E-state index in [1.54, 1.807) is 0 Å². The molecule has 0 unspecified atom stereocenters. The van der Waals surface area contributed by atoms with Crippen LogP contribution in [0.25, 0.3) is 0 Å². The van der Waals surface area contributed by atoms with Crippen molar-refractivity contribution in [1.29, 1.82) is 0 Å². The number of carbonyl (C=O) groups is 2. The molecule has 0 amide bonds. The molecule has 47 valence electrons. The third-order valence-electron chi connectivity index (χ3n) is 0.648. The van der Waals surface area contributed by atoms with Crippen LogP contribution in [0.1, 0.15) is 15.2 Å². The number of carbonyl (C=O) groups excluding carboxylic acids is 1. The van der Waals surface area contributed by atoms with Crippen LogP contribution < -0.4 is 0 Å². The fourth-order valence-electron chi connectivity index (χ4n) is 0.214. The van der Waals surface area contributed by atoms with Gasteiger partial charge in [-0.25, -0.2) is 4.79 Å². The van der Waals surface area contributed by atoms with E-state index in [0.29, 0.717) is 0 Å². The van der Waals surface area contributed by atoms with E-state index >= 15 is 0 Å². The van der Waals surface area contributed by atoms with E-state index in [9.17, 15) is 9.59 Å². The van der Waals surface area contributed by atoms with Crippen LogP contribution in [0, 0.1) is 5.89 Å². The van der Waals surface area contributed by atoms with E-state index < -0.39 is 17.6 Å². The van der Waals surface area contributed by atoms with E-state index in [2.05, 4.69) is 0 Å². The van der Waals surface area contributed by atoms with Gasteiger partial charge in [-0.1, -0.05) is 13.8 Å². The van der Waals surface area contributed by atoms with Gasteiger partial charge < -0.3 is 5.11 Å². The van der Waals surface area contributed by atoms with Gasteiger partial charge in [0.2, 0.25) is 5.78 Å². The molecule has 0 rings (SSSR count). The molecule has 0 aromatic heterocycles. The molecule has 0 fully saturated rings. The van der Waals surface area contributed by atoms with Crippen molar-refractivity contribution in [3.05, 3.63) is 0 Å². The number of rotatable bonds is 2. The summed E-state index contributed by atoms with van der Waals surface area (Å²) in [6.45, 7) is 2.48. The van der Waals surface area contributed by atoms with Gasteiger partial charge >= 0.3 is 5.97 Å². The number of aliphatic carboxylic acids is 1. The van der Waals surface area contributed by atoms with Crippen molar-refractivity contribution in [3.8, 4) is 0 Å².